The van der Waals surface area contributed by atoms with E-state index < -0.39 is 0 Å². The van der Waals surface area contributed by atoms with E-state index in [2.05, 4.69) is 35.3 Å². The molecule has 2 rings (SSSR count). The zero-order valence-electron chi connectivity index (χ0n) is 14.9. The molecule has 0 atom stereocenters. The summed E-state index contributed by atoms with van der Waals surface area (Å²) in [5.74, 6) is 0.383. The van der Waals surface area contributed by atoms with Crippen LogP contribution < -0.4 is 5.73 Å². The van der Waals surface area contributed by atoms with E-state index in [1.807, 2.05) is 18.7 Å². The Balaban J connectivity index is 2.17. The molecule has 0 radical (unpaired) electrons. The molecule has 0 bridgehead atoms. The molecule has 0 saturated heterocycles. The first-order valence-electron chi connectivity index (χ1n) is 8.32. The lowest BCUT2D eigenvalue weighted by molar-refractivity contribution is -0.131. The predicted molar refractivity (Wildman–Crippen MR) is 99.0 cm³/mol. The summed E-state index contributed by atoms with van der Waals surface area (Å²) in [5, 5.41) is 2.08. The van der Waals surface area contributed by atoms with Crippen LogP contribution in [0.3, 0.4) is 0 Å². The van der Waals surface area contributed by atoms with Crippen molar-refractivity contribution in [3.8, 4) is 0 Å². The van der Waals surface area contributed by atoms with Gasteiger partial charge in [-0.2, -0.15) is 0 Å². The van der Waals surface area contributed by atoms with Gasteiger partial charge in [0.25, 0.3) is 0 Å². The number of aromatic nitrogens is 2. The first-order chi connectivity index (χ1) is 11.4. The Hall–Kier alpha value is -1.95. The van der Waals surface area contributed by atoms with Crippen LogP contribution in [0.2, 0.25) is 0 Å². The van der Waals surface area contributed by atoms with Crippen LogP contribution in [0.25, 0.3) is 0 Å². The maximum atomic E-state index is 12.9. The normalized spacial score (nSPS) is 10.8. The van der Waals surface area contributed by atoms with Gasteiger partial charge in [0.15, 0.2) is 0 Å². The number of aryl methyl sites for hydroxylation is 3. The smallest absolute Gasteiger partial charge is 0.227 e. The molecule has 2 heterocycles. The van der Waals surface area contributed by atoms with Crippen molar-refractivity contribution >= 4 is 23.2 Å². The largest absolute Gasteiger partial charge is 0.368 e. The third kappa shape index (κ3) is 4.54. The number of hydrogen-bond donors (Lipinski definition) is 1. The minimum Gasteiger partial charge on any atom is -0.368 e. The van der Waals surface area contributed by atoms with Gasteiger partial charge in [-0.1, -0.05) is 13.3 Å². The number of unbranched alkanes of at least 4 members (excludes halogenated alkanes) is 1. The minimum absolute atomic E-state index is 0.121. The number of rotatable bonds is 7. The average Bonchev–Trinajstić information content (AvgIpc) is 2.92. The van der Waals surface area contributed by atoms with Gasteiger partial charge >= 0.3 is 0 Å². The molecule has 1 amide bonds. The number of anilines is 1. The molecule has 0 aromatic carbocycles. The van der Waals surface area contributed by atoms with Gasteiger partial charge in [0.2, 0.25) is 11.9 Å². The number of nitrogens with two attached hydrogens (primary N) is 1. The van der Waals surface area contributed by atoms with Gasteiger partial charge < -0.3 is 10.6 Å². The zero-order chi connectivity index (χ0) is 17.7. The quantitative estimate of drug-likeness (QED) is 0.834. The van der Waals surface area contributed by atoms with Gasteiger partial charge in [-0.25, -0.2) is 9.97 Å². The second-order valence-corrected chi connectivity index (χ2v) is 7.10. The van der Waals surface area contributed by atoms with E-state index in [-0.39, 0.29) is 11.9 Å². The number of hydrogen-bond acceptors (Lipinski definition) is 5. The van der Waals surface area contributed by atoms with Crippen LogP contribution in [0.5, 0.6) is 0 Å². The SMILES string of the molecule is CCCCN(Cc1sccc1C)C(=O)Cc1c(C)nc(N)nc1C. The number of thiophene rings is 1. The molecule has 0 saturated carbocycles. The fourth-order valence-corrected chi connectivity index (χ4v) is 3.59. The van der Waals surface area contributed by atoms with Crippen molar-refractivity contribution in [2.45, 2.75) is 53.5 Å². The van der Waals surface area contributed by atoms with Gasteiger partial charge in [0, 0.05) is 28.4 Å². The van der Waals surface area contributed by atoms with E-state index >= 15 is 0 Å². The van der Waals surface area contributed by atoms with E-state index in [0.29, 0.717) is 13.0 Å². The van der Waals surface area contributed by atoms with Crippen LogP contribution in [-0.2, 0) is 17.8 Å². The van der Waals surface area contributed by atoms with Crippen LogP contribution in [0.4, 0.5) is 5.95 Å². The number of nitrogen functional groups attached to an aromatic ring is 1. The molecule has 0 aliphatic rings. The Bertz CT molecular complexity index is 688. The number of amides is 1. The van der Waals surface area contributed by atoms with Crippen molar-refractivity contribution < 1.29 is 4.79 Å². The monoisotopic (exact) mass is 346 g/mol. The van der Waals surface area contributed by atoms with Crippen molar-refractivity contribution in [3.05, 3.63) is 38.8 Å². The van der Waals surface area contributed by atoms with Gasteiger partial charge in [-0.3, -0.25) is 4.79 Å². The van der Waals surface area contributed by atoms with Crippen LogP contribution in [0, 0.1) is 20.8 Å². The van der Waals surface area contributed by atoms with Crippen molar-refractivity contribution in [1.82, 2.24) is 14.9 Å². The highest BCUT2D eigenvalue weighted by Crippen LogP contribution is 2.20. The lowest BCUT2D eigenvalue weighted by Crippen LogP contribution is -2.33. The second-order valence-electron chi connectivity index (χ2n) is 6.10. The first-order valence-corrected chi connectivity index (χ1v) is 9.20. The third-order valence-corrected chi connectivity index (χ3v) is 5.21. The number of carbonyl (C=O) groups is 1. The number of nitrogens with zero attached hydrogens (tertiary/aromatic N) is 3. The van der Waals surface area contributed by atoms with Crippen molar-refractivity contribution in [3.63, 3.8) is 0 Å². The standard InChI is InChI=1S/C18H26N4OS/c1-5-6-8-22(11-16-12(2)7-9-24-16)17(23)10-15-13(3)20-18(19)21-14(15)4/h7,9H,5-6,8,10-11H2,1-4H3,(H2,19,20,21). The Kier molecular flexibility index (Phi) is 6.31. The lowest BCUT2D eigenvalue weighted by Gasteiger charge is -2.23. The summed E-state index contributed by atoms with van der Waals surface area (Å²) in [7, 11) is 0. The Morgan fingerprint density at radius 2 is 1.92 bits per heavy atom. The molecular weight excluding hydrogens is 320 g/mol. The van der Waals surface area contributed by atoms with Crippen LogP contribution >= 0.6 is 11.3 Å². The van der Waals surface area contributed by atoms with Crippen LogP contribution in [0.1, 0.15) is 47.2 Å². The molecule has 0 unspecified atom stereocenters. The molecule has 0 aliphatic heterocycles. The molecule has 130 valence electrons. The van der Waals surface area contributed by atoms with Gasteiger partial charge in [0.1, 0.15) is 0 Å². The molecule has 0 aliphatic carbocycles. The molecule has 0 fully saturated rings. The van der Waals surface area contributed by atoms with E-state index in [9.17, 15) is 4.79 Å². The fourth-order valence-electron chi connectivity index (χ4n) is 2.66. The number of carbonyl (C=O) groups excluding carboxylic acids is 1. The topological polar surface area (TPSA) is 72.1 Å². The Labute approximate surface area is 147 Å². The summed E-state index contributed by atoms with van der Waals surface area (Å²) in [6.07, 6.45) is 2.40. The summed E-state index contributed by atoms with van der Waals surface area (Å²) < 4.78 is 0. The van der Waals surface area contributed by atoms with Crippen molar-refractivity contribution in [2.75, 3.05) is 12.3 Å². The van der Waals surface area contributed by atoms with Gasteiger partial charge in [-0.05, 0) is 44.2 Å². The zero-order valence-corrected chi connectivity index (χ0v) is 15.7. The van der Waals surface area contributed by atoms with Gasteiger partial charge in [-0.15, -0.1) is 11.3 Å². The minimum atomic E-state index is 0.121. The summed E-state index contributed by atoms with van der Waals surface area (Å²) in [6.45, 7) is 9.45. The third-order valence-electron chi connectivity index (χ3n) is 4.20. The predicted octanol–water partition coefficient (Wildman–Crippen LogP) is 3.42. The Morgan fingerprint density at radius 1 is 1.25 bits per heavy atom. The highest BCUT2D eigenvalue weighted by molar-refractivity contribution is 7.10. The van der Waals surface area contributed by atoms with E-state index in [1.54, 1.807) is 11.3 Å². The second kappa shape index (κ2) is 8.24. The Morgan fingerprint density at radius 3 is 2.46 bits per heavy atom. The molecule has 0 spiro atoms. The van der Waals surface area contributed by atoms with Crippen molar-refractivity contribution in [2.24, 2.45) is 0 Å². The summed E-state index contributed by atoms with van der Waals surface area (Å²) in [4.78, 5) is 24.5. The summed E-state index contributed by atoms with van der Waals surface area (Å²) in [6, 6.07) is 2.10. The van der Waals surface area contributed by atoms with E-state index in [4.69, 9.17) is 5.73 Å². The maximum absolute atomic E-state index is 12.9. The fraction of sp³-hybridized carbons (Fsp3) is 0.500. The first kappa shape index (κ1) is 18.4. The van der Waals surface area contributed by atoms with Crippen LogP contribution in [-0.4, -0.2) is 27.3 Å². The lowest BCUT2D eigenvalue weighted by atomic mass is 10.1. The van der Waals surface area contributed by atoms with Crippen LogP contribution in [0.15, 0.2) is 11.4 Å². The maximum Gasteiger partial charge on any atom is 0.227 e. The van der Waals surface area contributed by atoms with E-state index in [1.165, 1.54) is 10.4 Å². The molecule has 24 heavy (non-hydrogen) atoms. The van der Waals surface area contributed by atoms with E-state index in [0.717, 1.165) is 36.3 Å². The average molecular weight is 347 g/mol. The molecular formula is C18H26N4OS. The molecule has 2 aromatic heterocycles. The summed E-state index contributed by atoms with van der Waals surface area (Å²) >= 11 is 1.71. The molecule has 2 aromatic rings. The summed E-state index contributed by atoms with van der Waals surface area (Å²) in [5.41, 5.74) is 9.39. The molecule has 5 nitrogen and oxygen atoms in total. The molecule has 2 N–H and O–H groups in total. The van der Waals surface area contributed by atoms with Gasteiger partial charge in [0.05, 0.1) is 13.0 Å². The highest BCUT2D eigenvalue weighted by Gasteiger charge is 2.19. The highest BCUT2D eigenvalue weighted by atomic mass is 32.1. The van der Waals surface area contributed by atoms with Crippen molar-refractivity contribution in [1.29, 1.82) is 0 Å². The molecule has 6 heteroatoms.